The third-order valence-electron chi connectivity index (χ3n) is 0.817. The molecule has 3 N–H and O–H groups in total. The minimum atomic E-state index is -1.70. The van der Waals surface area contributed by atoms with Crippen molar-refractivity contribution in [1.82, 2.24) is 0 Å². The lowest BCUT2D eigenvalue weighted by Crippen LogP contribution is -2.39. The van der Waals surface area contributed by atoms with Gasteiger partial charge in [0.25, 0.3) is 0 Å². The molecule has 5 heteroatoms. The molecule has 1 atom stereocenters. The molecular formula is C5H10O5. The SMILES string of the molecule is CC(C)(O)C(O)OC(=O)O. The number of rotatable bonds is 2. The van der Waals surface area contributed by atoms with E-state index in [4.69, 9.17) is 15.3 Å². The van der Waals surface area contributed by atoms with E-state index in [0.29, 0.717) is 0 Å². The molecule has 5 nitrogen and oxygen atoms in total. The molecule has 0 spiro atoms. The lowest BCUT2D eigenvalue weighted by molar-refractivity contribution is -0.175. The van der Waals surface area contributed by atoms with E-state index < -0.39 is 18.0 Å². The van der Waals surface area contributed by atoms with Gasteiger partial charge in [0.2, 0.25) is 6.29 Å². The molecule has 0 aliphatic rings. The molecule has 60 valence electrons. The average molecular weight is 150 g/mol. The van der Waals surface area contributed by atoms with Crippen LogP contribution in [0, 0.1) is 0 Å². The molecule has 0 saturated carbocycles. The molecule has 0 aliphatic heterocycles. The second-order valence-electron chi connectivity index (χ2n) is 2.39. The van der Waals surface area contributed by atoms with Gasteiger partial charge in [-0.1, -0.05) is 0 Å². The summed E-state index contributed by atoms with van der Waals surface area (Å²) in [6, 6.07) is 0. The molecule has 0 amide bonds. The van der Waals surface area contributed by atoms with Gasteiger partial charge in [-0.25, -0.2) is 4.79 Å². The van der Waals surface area contributed by atoms with Crippen molar-refractivity contribution in [2.45, 2.75) is 25.7 Å². The van der Waals surface area contributed by atoms with E-state index >= 15 is 0 Å². The first-order valence-electron chi connectivity index (χ1n) is 2.64. The van der Waals surface area contributed by atoms with Gasteiger partial charge in [-0.15, -0.1) is 0 Å². The smallest absolute Gasteiger partial charge is 0.450 e. The molecular weight excluding hydrogens is 140 g/mol. The van der Waals surface area contributed by atoms with Crippen LogP contribution in [0.5, 0.6) is 0 Å². The number of carbonyl (C=O) groups is 1. The van der Waals surface area contributed by atoms with E-state index in [2.05, 4.69) is 4.74 Å². The minimum absolute atomic E-state index is 1.24. The van der Waals surface area contributed by atoms with Crippen molar-refractivity contribution in [2.24, 2.45) is 0 Å². The zero-order valence-corrected chi connectivity index (χ0v) is 5.74. The highest BCUT2D eigenvalue weighted by Gasteiger charge is 2.27. The van der Waals surface area contributed by atoms with Crippen LogP contribution < -0.4 is 0 Å². The van der Waals surface area contributed by atoms with Crippen molar-refractivity contribution < 1.29 is 24.9 Å². The fraction of sp³-hybridized carbons (Fsp3) is 0.800. The Kier molecular flexibility index (Phi) is 2.62. The Morgan fingerprint density at radius 1 is 1.60 bits per heavy atom. The number of hydrogen-bond donors (Lipinski definition) is 3. The Balaban J connectivity index is 3.85. The molecule has 1 unspecified atom stereocenters. The molecule has 0 radical (unpaired) electrons. The number of carboxylic acid groups (broad SMARTS) is 1. The van der Waals surface area contributed by atoms with Crippen molar-refractivity contribution in [3.63, 3.8) is 0 Å². The number of aliphatic hydroxyl groups is 2. The Bertz CT molecular complexity index is 124. The molecule has 0 saturated heterocycles. The zero-order chi connectivity index (χ0) is 8.36. The van der Waals surface area contributed by atoms with Crippen molar-refractivity contribution in [3.05, 3.63) is 0 Å². The summed E-state index contributed by atoms with van der Waals surface area (Å²) < 4.78 is 3.84. The van der Waals surface area contributed by atoms with Crippen LogP contribution in [0.2, 0.25) is 0 Å². The summed E-state index contributed by atoms with van der Waals surface area (Å²) in [5, 5.41) is 25.6. The summed E-state index contributed by atoms with van der Waals surface area (Å²) in [5.41, 5.74) is -1.56. The summed E-state index contributed by atoms with van der Waals surface area (Å²) in [4.78, 5) is 9.76. The fourth-order valence-corrected chi connectivity index (χ4v) is 0.240. The van der Waals surface area contributed by atoms with Crippen LogP contribution in [0.1, 0.15) is 13.8 Å². The monoisotopic (exact) mass is 150 g/mol. The van der Waals surface area contributed by atoms with Crippen LogP contribution in [0.3, 0.4) is 0 Å². The summed E-state index contributed by atoms with van der Waals surface area (Å²) >= 11 is 0. The van der Waals surface area contributed by atoms with Gasteiger partial charge in [0.1, 0.15) is 5.60 Å². The average Bonchev–Trinajstić information content (AvgIpc) is 1.60. The van der Waals surface area contributed by atoms with E-state index in [0.717, 1.165) is 0 Å². The lowest BCUT2D eigenvalue weighted by Gasteiger charge is -2.22. The molecule has 0 rings (SSSR count). The van der Waals surface area contributed by atoms with E-state index in [9.17, 15) is 4.79 Å². The van der Waals surface area contributed by atoms with Crippen LogP contribution in [0.15, 0.2) is 0 Å². The third kappa shape index (κ3) is 3.26. The standard InChI is InChI=1S/C5H10O5/c1-5(2,9)3(6)10-4(7)8/h3,6,9H,1-2H3,(H,7,8). The van der Waals surface area contributed by atoms with E-state index in [1.54, 1.807) is 0 Å². The van der Waals surface area contributed by atoms with Crippen LogP contribution in [-0.2, 0) is 4.74 Å². The first kappa shape index (κ1) is 9.19. The van der Waals surface area contributed by atoms with Gasteiger partial charge in [0, 0.05) is 0 Å². The van der Waals surface area contributed by atoms with Crippen LogP contribution in [-0.4, -0.2) is 33.4 Å². The maximum Gasteiger partial charge on any atom is 0.508 e. The second kappa shape index (κ2) is 2.85. The van der Waals surface area contributed by atoms with Crippen molar-refractivity contribution in [1.29, 1.82) is 0 Å². The first-order valence-corrected chi connectivity index (χ1v) is 2.64. The topological polar surface area (TPSA) is 87.0 Å². The van der Waals surface area contributed by atoms with Gasteiger partial charge in [0.15, 0.2) is 0 Å². The van der Waals surface area contributed by atoms with Crippen molar-refractivity contribution in [3.8, 4) is 0 Å². The predicted octanol–water partition coefficient (Wildman–Crippen LogP) is -0.230. The van der Waals surface area contributed by atoms with Gasteiger partial charge >= 0.3 is 6.16 Å². The summed E-state index contributed by atoms with van der Waals surface area (Å²) in [6.07, 6.45) is -3.32. The van der Waals surface area contributed by atoms with Crippen molar-refractivity contribution in [2.75, 3.05) is 0 Å². The summed E-state index contributed by atoms with van der Waals surface area (Å²) in [6.45, 7) is 2.47. The molecule has 10 heavy (non-hydrogen) atoms. The van der Waals surface area contributed by atoms with Crippen LogP contribution in [0.4, 0.5) is 4.79 Å². The van der Waals surface area contributed by atoms with Gasteiger partial charge < -0.3 is 20.1 Å². The second-order valence-corrected chi connectivity index (χ2v) is 2.39. The molecule has 0 aromatic carbocycles. The Hall–Kier alpha value is -0.810. The fourth-order valence-electron chi connectivity index (χ4n) is 0.240. The van der Waals surface area contributed by atoms with E-state index in [1.165, 1.54) is 13.8 Å². The molecule has 0 heterocycles. The van der Waals surface area contributed by atoms with Crippen LogP contribution in [0.25, 0.3) is 0 Å². The summed E-state index contributed by atoms with van der Waals surface area (Å²) in [7, 11) is 0. The zero-order valence-electron chi connectivity index (χ0n) is 5.74. The maximum atomic E-state index is 9.76. The van der Waals surface area contributed by atoms with E-state index in [-0.39, 0.29) is 0 Å². The van der Waals surface area contributed by atoms with Gasteiger partial charge in [-0.05, 0) is 13.8 Å². The molecule has 0 bridgehead atoms. The van der Waals surface area contributed by atoms with E-state index in [1.807, 2.05) is 0 Å². The largest absolute Gasteiger partial charge is 0.508 e. The quantitative estimate of drug-likeness (QED) is 0.374. The Morgan fingerprint density at radius 2 is 2.00 bits per heavy atom. The molecule has 0 aromatic rings. The first-order chi connectivity index (χ1) is 4.34. The predicted molar refractivity (Wildman–Crippen MR) is 31.4 cm³/mol. The van der Waals surface area contributed by atoms with Crippen LogP contribution >= 0.6 is 0 Å². The highest BCUT2D eigenvalue weighted by atomic mass is 16.7. The number of ether oxygens (including phenoxy) is 1. The third-order valence-corrected chi connectivity index (χ3v) is 0.817. The normalized spacial score (nSPS) is 14.4. The van der Waals surface area contributed by atoms with Gasteiger partial charge in [-0.2, -0.15) is 0 Å². The number of hydrogen-bond acceptors (Lipinski definition) is 4. The highest BCUT2D eigenvalue weighted by molar-refractivity contribution is 5.57. The molecule has 0 aliphatic carbocycles. The molecule has 0 aromatic heterocycles. The summed E-state index contributed by atoms with van der Waals surface area (Å²) in [5.74, 6) is 0. The lowest BCUT2D eigenvalue weighted by atomic mass is 10.1. The molecule has 0 fully saturated rings. The van der Waals surface area contributed by atoms with Gasteiger partial charge in [0.05, 0.1) is 0 Å². The maximum absolute atomic E-state index is 9.76. The van der Waals surface area contributed by atoms with Gasteiger partial charge in [-0.3, -0.25) is 0 Å². The number of aliphatic hydroxyl groups excluding tert-OH is 1. The minimum Gasteiger partial charge on any atom is -0.450 e. The Morgan fingerprint density at radius 3 is 2.10 bits per heavy atom. The van der Waals surface area contributed by atoms with Crippen molar-refractivity contribution >= 4 is 6.16 Å². The Labute approximate surface area is 57.9 Å². The highest BCUT2D eigenvalue weighted by Crippen LogP contribution is 2.08.